The van der Waals surface area contributed by atoms with E-state index in [-0.39, 0.29) is 12.4 Å². The zero-order chi connectivity index (χ0) is 17.2. The zero-order valence-corrected chi connectivity index (χ0v) is 16.4. The fourth-order valence-electron chi connectivity index (χ4n) is 3.66. The molecule has 1 aromatic heterocycles. The summed E-state index contributed by atoms with van der Waals surface area (Å²) < 4.78 is 0. The van der Waals surface area contributed by atoms with Gasteiger partial charge in [0.15, 0.2) is 5.82 Å². The van der Waals surface area contributed by atoms with Gasteiger partial charge in [0.25, 0.3) is 0 Å². The minimum absolute atomic E-state index is 0. The van der Waals surface area contributed by atoms with Crippen LogP contribution < -0.4 is 4.90 Å². The first-order valence-corrected chi connectivity index (χ1v) is 9.36. The number of rotatable bonds is 4. The van der Waals surface area contributed by atoms with Crippen molar-refractivity contribution in [3.8, 4) is 0 Å². The van der Waals surface area contributed by atoms with Gasteiger partial charge in [-0.15, -0.1) is 17.5 Å². The van der Waals surface area contributed by atoms with E-state index in [1.807, 2.05) is 12.1 Å². The molecule has 136 valence electrons. The molecule has 0 spiro atoms. The quantitative estimate of drug-likeness (QED) is 0.588. The molecule has 4 rings (SSSR count). The molecule has 0 amide bonds. The summed E-state index contributed by atoms with van der Waals surface area (Å²) in [4.78, 5) is 2.40. The van der Waals surface area contributed by atoms with Gasteiger partial charge in [0, 0.05) is 35.3 Å². The van der Waals surface area contributed by atoms with Crippen molar-refractivity contribution in [3.05, 3.63) is 64.8 Å². The van der Waals surface area contributed by atoms with Crippen molar-refractivity contribution in [2.75, 3.05) is 18.0 Å². The summed E-state index contributed by atoms with van der Waals surface area (Å²) in [6.45, 7) is 4.44. The first-order valence-electron chi connectivity index (χ1n) is 8.98. The van der Waals surface area contributed by atoms with E-state index >= 15 is 0 Å². The summed E-state index contributed by atoms with van der Waals surface area (Å²) >= 11 is 5.99. The van der Waals surface area contributed by atoms with Gasteiger partial charge in [0.2, 0.25) is 0 Å². The number of aromatic nitrogens is 2. The van der Waals surface area contributed by atoms with Crippen molar-refractivity contribution in [3.63, 3.8) is 0 Å². The van der Waals surface area contributed by atoms with E-state index in [1.54, 1.807) is 0 Å². The fraction of sp³-hybridized carbons (Fsp3) is 0.333. The Morgan fingerprint density at radius 3 is 2.46 bits per heavy atom. The molecule has 26 heavy (non-hydrogen) atoms. The summed E-state index contributed by atoms with van der Waals surface area (Å²) in [5.74, 6) is 1.81. The molecular formula is C21H23Cl2N3. The lowest BCUT2D eigenvalue weighted by molar-refractivity contribution is 0.568. The van der Waals surface area contributed by atoms with Crippen LogP contribution >= 0.6 is 24.0 Å². The summed E-state index contributed by atoms with van der Waals surface area (Å²) in [6.07, 6.45) is 3.25. The van der Waals surface area contributed by atoms with E-state index in [0.29, 0.717) is 0 Å². The lowest BCUT2D eigenvalue weighted by Crippen LogP contribution is -2.21. The first-order chi connectivity index (χ1) is 12.2. The molecule has 2 aromatic carbocycles. The smallest absolute Gasteiger partial charge is 0.159 e. The van der Waals surface area contributed by atoms with E-state index in [1.165, 1.54) is 29.2 Å². The van der Waals surface area contributed by atoms with Gasteiger partial charge >= 0.3 is 0 Å². The molecule has 1 fully saturated rings. The second kappa shape index (κ2) is 8.24. The first kappa shape index (κ1) is 18.9. The van der Waals surface area contributed by atoms with Crippen molar-refractivity contribution in [1.29, 1.82) is 0 Å². The van der Waals surface area contributed by atoms with Crippen LogP contribution in [0, 0.1) is 5.92 Å². The van der Waals surface area contributed by atoms with Crippen LogP contribution in [0.15, 0.2) is 48.5 Å². The number of hydrogen-bond donors (Lipinski definition) is 0. The van der Waals surface area contributed by atoms with Crippen LogP contribution in [-0.4, -0.2) is 23.3 Å². The van der Waals surface area contributed by atoms with Gasteiger partial charge in [-0.05, 0) is 30.0 Å². The highest BCUT2D eigenvalue weighted by Gasteiger charge is 2.24. The maximum atomic E-state index is 5.99. The molecule has 0 bridgehead atoms. The summed E-state index contributed by atoms with van der Waals surface area (Å²) in [6, 6.07) is 16.5. The average molecular weight is 388 g/mol. The van der Waals surface area contributed by atoms with E-state index < -0.39 is 0 Å². The monoisotopic (exact) mass is 387 g/mol. The Morgan fingerprint density at radius 2 is 1.77 bits per heavy atom. The third-order valence-corrected chi connectivity index (χ3v) is 5.44. The zero-order valence-electron chi connectivity index (χ0n) is 14.9. The number of nitrogens with zero attached hydrogens (tertiary/aromatic N) is 3. The minimum Gasteiger partial charge on any atom is -0.354 e. The van der Waals surface area contributed by atoms with E-state index in [2.05, 4.69) is 58.4 Å². The normalized spacial score (nSPS) is 16.7. The van der Waals surface area contributed by atoms with Crippen molar-refractivity contribution < 1.29 is 0 Å². The number of halogens is 2. The van der Waals surface area contributed by atoms with E-state index in [4.69, 9.17) is 11.6 Å². The molecule has 1 saturated heterocycles. The van der Waals surface area contributed by atoms with Crippen LogP contribution in [0.1, 0.15) is 31.0 Å². The Labute approximate surface area is 165 Å². The highest BCUT2D eigenvalue weighted by atomic mass is 35.5. The molecule has 1 aliphatic heterocycles. The molecule has 0 N–H and O–H groups in total. The Morgan fingerprint density at radius 1 is 1.04 bits per heavy atom. The maximum Gasteiger partial charge on any atom is 0.159 e. The average Bonchev–Trinajstić information content (AvgIpc) is 3.13. The topological polar surface area (TPSA) is 29.0 Å². The van der Waals surface area contributed by atoms with E-state index in [0.717, 1.165) is 42.0 Å². The molecule has 1 unspecified atom stereocenters. The lowest BCUT2D eigenvalue weighted by atomic mass is 10.0. The van der Waals surface area contributed by atoms with Crippen LogP contribution in [0.2, 0.25) is 5.02 Å². The Hall–Kier alpha value is -1.84. The van der Waals surface area contributed by atoms with Crippen molar-refractivity contribution in [1.82, 2.24) is 10.2 Å². The number of anilines is 1. The van der Waals surface area contributed by atoms with Gasteiger partial charge in [-0.3, -0.25) is 0 Å². The van der Waals surface area contributed by atoms with Crippen molar-refractivity contribution in [2.45, 2.75) is 26.2 Å². The third kappa shape index (κ3) is 3.79. The minimum atomic E-state index is 0. The molecular weight excluding hydrogens is 365 g/mol. The standard InChI is InChI=1S/C21H22ClN3.ClH/c1-2-15-11-12-25(14-15)21-19-6-4-3-5-18(19)20(23-24-21)13-16-7-9-17(22)10-8-16;/h3-10,15H,2,11-14H2,1H3;1H. The van der Waals surface area contributed by atoms with Gasteiger partial charge in [-0.1, -0.05) is 61.3 Å². The van der Waals surface area contributed by atoms with Crippen LogP contribution in [0.3, 0.4) is 0 Å². The molecule has 0 radical (unpaired) electrons. The predicted octanol–water partition coefficient (Wildman–Crippen LogP) is 5.53. The summed E-state index contributed by atoms with van der Waals surface area (Å²) in [5.41, 5.74) is 2.22. The molecule has 0 saturated carbocycles. The van der Waals surface area contributed by atoms with Crippen molar-refractivity contribution in [2.24, 2.45) is 5.92 Å². The fourth-order valence-corrected chi connectivity index (χ4v) is 3.79. The summed E-state index contributed by atoms with van der Waals surface area (Å²) in [5, 5.41) is 12.4. The second-order valence-corrected chi connectivity index (χ2v) is 7.26. The van der Waals surface area contributed by atoms with Gasteiger partial charge in [0.05, 0.1) is 5.69 Å². The predicted molar refractivity (Wildman–Crippen MR) is 112 cm³/mol. The largest absolute Gasteiger partial charge is 0.354 e. The molecule has 3 nitrogen and oxygen atoms in total. The molecule has 1 atom stereocenters. The Bertz CT molecular complexity index is 880. The highest BCUT2D eigenvalue weighted by molar-refractivity contribution is 6.30. The highest BCUT2D eigenvalue weighted by Crippen LogP contribution is 2.31. The molecule has 2 heterocycles. The van der Waals surface area contributed by atoms with Crippen LogP contribution in [0.5, 0.6) is 0 Å². The SMILES string of the molecule is CCC1CCN(c2nnc(Cc3ccc(Cl)cc3)c3ccccc23)C1.Cl. The summed E-state index contributed by atoms with van der Waals surface area (Å²) in [7, 11) is 0. The Kier molecular flexibility index (Phi) is 6.00. The van der Waals surface area contributed by atoms with Crippen LogP contribution in [0.25, 0.3) is 10.8 Å². The van der Waals surface area contributed by atoms with Crippen molar-refractivity contribution >= 4 is 40.6 Å². The second-order valence-electron chi connectivity index (χ2n) is 6.83. The molecule has 1 aliphatic rings. The van der Waals surface area contributed by atoms with Gasteiger partial charge in [-0.2, -0.15) is 5.10 Å². The van der Waals surface area contributed by atoms with Crippen LogP contribution in [-0.2, 0) is 6.42 Å². The number of hydrogen-bond acceptors (Lipinski definition) is 3. The van der Waals surface area contributed by atoms with Gasteiger partial charge in [-0.25, -0.2) is 0 Å². The van der Waals surface area contributed by atoms with Gasteiger partial charge < -0.3 is 4.90 Å². The molecule has 5 heteroatoms. The number of benzene rings is 2. The maximum absolute atomic E-state index is 5.99. The third-order valence-electron chi connectivity index (χ3n) is 5.19. The lowest BCUT2D eigenvalue weighted by Gasteiger charge is -2.19. The van der Waals surface area contributed by atoms with E-state index in [9.17, 15) is 0 Å². The Balaban J connectivity index is 0.00000196. The molecule has 0 aliphatic carbocycles. The molecule has 3 aromatic rings. The van der Waals surface area contributed by atoms with Gasteiger partial charge in [0.1, 0.15) is 0 Å². The van der Waals surface area contributed by atoms with Crippen LogP contribution in [0.4, 0.5) is 5.82 Å². The number of fused-ring (bicyclic) bond motifs is 1.